The molecule has 164 valence electrons. The normalized spacial score (nSPS) is 20.0. The number of carbonyl (C=O) groups excluding carboxylic acids is 3. The maximum absolute atomic E-state index is 12.5. The van der Waals surface area contributed by atoms with Crippen molar-refractivity contribution in [3.8, 4) is 0 Å². The summed E-state index contributed by atoms with van der Waals surface area (Å²) in [5, 5.41) is 0. The van der Waals surface area contributed by atoms with Gasteiger partial charge in [0.1, 0.15) is 0 Å². The number of hydrogen-bond acceptors (Lipinski definition) is 6. The van der Waals surface area contributed by atoms with E-state index in [0.717, 1.165) is 10.5 Å². The molecule has 3 amide bonds. The molecule has 2 aliphatic rings. The monoisotopic (exact) mass is 437 g/mol. The third kappa shape index (κ3) is 4.81. The van der Waals surface area contributed by atoms with E-state index in [0.29, 0.717) is 13.0 Å². The zero-order chi connectivity index (χ0) is 22.1. The fourth-order valence-corrected chi connectivity index (χ4v) is 4.60. The molecule has 9 nitrogen and oxygen atoms in total. The lowest BCUT2D eigenvalue weighted by atomic mass is 9.87. The standard InChI is InChI=1S/C20H27N3O6S/c1-20(2,3)14-4-6-16(7-5-14)30(27,28)21-10-8-17(24)22-11-9-15(12-22)23-18(25)13-29-19(23)26/h4-7,15,21H,8-13H2,1-3H3/t15-/m1/s1. The Morgan fingerprint density at radius 1 is 1.20 bits per heavy atom. The fourth-order valence-electron chi connectivity index (χ4n) is 3.56. The number of amides is 3. The Morgan fingerprint density at radius 2 is 1.87 bits per heavy atom. The van der Waals surface area contributed by atoms with Gasteiger partial charge in [-0.25, -0.2) is 22.8 Å². The van der Waals surface area contributed by atoms with Gasteiger partial charge in [-0.2, -0.15) is 0 Å². The molecule has 1 atom stereocenters. The molecule has 2 saturated heterocycles. The zero-order valence-electron chi connectivity index (χ0n) is 17.4. The highest BCUT2D eigenvalue weighted by Crippen LogP contribution is 2.23. The van der Waals surface area contributed by atoms with Crippen LogP contribution in [-0.4, -0.2) is 68.4 Å². The number of hydrogen-bond donors (Lipinski definition) is 1. The first-order valence-corrected chi connectivity index (χ1v) is 11.3. The number of benzene rings is 1. The van der Waals surface area contributed by atoms with E-state index in [2.05, 4.69) is 4.72 Å². The van der Waals surface area contributed by atoms with Crippen molar-refractivity contribution in [2.24, 2.45) is 0 Å². The SMILES string of the molecule is CC(C)(C)c1ccc(S(=O)(=O)NCCC(=O)N2CC[C@@H](N3C(=O)COC3=O)C2)cc1. The van der Waals surface area contributed by atoms with Crippen LogP contribution in [0.3, 0.4) is 0 Å². The van der Waals surface area contributed by atoms with Crippen molar-refractivity contribution in [2.75, 3.05) is 26.2 Å². The third-order valence-corrected chi connectivity index (χ3v) is 6.80. The highest BCUT2D eigenvalue weighted by Gasteiger charge is 2.41. The Hall–Kier alpha value is -2.46. The molecule has 1 N–H and O–H groups in total. The van der Waals surface area contributed by atoms with Crippen LogP contribution in [0.2, 0.25) is 0 Å². The minimum absolute atomic E-state index is 0.00951. The van der Waals surface area contributed by atoms with Gasteiger partial charge in [0.25, 0.3) is 5.91 Å². The highest BCUT2D eigenvalue weighted by molar-refractivity contribution is 7.89. The van der Waals surface area contributed by atoms with E-state index < -0.39 is 28.1 Å². The van der Waals surface area contributed by atoms with Crippen LogP contribution in [0.25, 0.3) is 0 Å². The van der Waals surface area contributed by atoms with Crippen LogP contribution >= 0.6 is 0 Å². The summed E-state index contributed by atoms with van der Waals surface area (Å²) < 4.78 is 32.1. The summed E-state index contributed by atoms with van der Waals surface area (Å²) in [5.74, 6) is -0.632. The van der Waals surface area contributed by atoms with Gasteiger partial charge in [-0.3, -0.25) is 9.59 Å². The van der Waals surface area contributed by atoms with E-state index in [1.54, 1.807) is 24.3 Å². The number of nitrogens with one attached hydrogen (secondary N) is 1. The summed E-state index contributed by atoms with van der Waals surface area (Å²) >= 11 is 0. The average Bonchev–Trinajstić information content (AvgIpc) is 3.27. The highest BCUT2D eigenvalue weighted by atomic mass is 32.2. The number of likely N-dealkylation sites (tertiary alicyclic amines) is 1. The predicted molar refractivity (Wildman–Crippen MR) is 108 cm³/mol. The second-order valence-corrected chi connectivity index (χ2v) is 10.3. The molecule has 3 rings (SSSR count). The number of imide groups is 1. The van der Waals surface area contributed by atoms with Crippen molar-refractivity contribution in [3.05, 3.63) is 29.8 Å². The molecule has 0 bridgehead atoms. The molecule has 0 aromatic heterocycles. The van der Waals surface area contributed by atoms with E-state index >= 15 is 0 Å². The molecular formula is C20H27N3O6S. The minimum Gasteiger partial charge on any atom is -0.439 e. The van der Waals surface area contributed by atoms with Crippen LogP contribution in [0.1, 0.15) is 39.2 Å². The van der Waals surface area contributed by atoms with Gasteiger partial charge in [0, 0.05) is 26.1 Å². The number of carbonyl (C=O) groups is 3. The van der Waals surface area contributed by atoms with Crippen LogP contribution in [0, 0.1) is 0 Å². The maximum Gasteiger partial charge on any atom is 0.417 e. The fraction of sp³-hybridized carbons (Fsp3) is 0.550. The molecule has 0 unspecified atom stereocenters. The average molecular weight is 438 g/mol. The second-order valence-electron chi connectivity index (χ2n) is 8.52. The van der Waals surface area contributed by atoms with Crippen molar-refractivity contribution >= 4 is 27.9 Å². The first-order chi connectivity index (χ1) is 14.0. The van der Waals surface area contributed by atoms with Crippen molar-refractivity contribution in [1.29, 1.82) is 0 Å². The van der Waals surface area contributed by atoms with Gasteiger partial charge in [-0.05, 0) is 29.5 Å². The van der Waals surface area contributed by atoms with Gasteiger partial charge >= 0.3 is 6.09 Å². The van der Waals surface area contributed by atoms with E-state index in [1.165, 1.54) is 4.90 Å². The number of nitrogens with zero attached hydrogens (tertiary/aromatic N) is 2. The van der Waals surface area contributed by atoms with Gasteiger partial charge in [0.2, 0.25) is 15.9 Å². The first-order valence-electron chi connectivity index (χ1n) is 9.86. The second kappa shape index (κ2) is 8.35. The lowest BCUT2D eigenvalue weighted by Crippen LogP contribution is -2.42. The molecule has 2 heterocycles. The summed E-state index contributed by atoms with van der Waals surface area (Å²) in [6.07, 6.45) is -0.201. The molecule has 1 aromatic rings. The van der Waals surface area contributed by atoms with Gasteiger partial charge in [0.15, 0.2) is 6.61 Å². The minimum atomic E-state index is -3.71. The lowest BCUT2D eigenvalue weighted by Gasteiger charge is -2.20. The molecular weight excluding hydrogens is 410 g/mol. The van der Waals surface area contributed by atoms with Gasteiger partial charge < -0.3 is 9.64 Å². The summed E-state index contributed by atoms with van der Waals surface area (Å²) in [5.41, 5.74) is 0.951. The zero-order valence-corrected chi connectivity index (χ0v) is 18.2. The molecule has 2 aliphatic heterocycles. The Balaban J connectivity index is 1.50. The van der Waals surface area contributed by atoms with Crippen LogP contribution in [0.4, 0.5) is 4.79 Å². The van der Waals surface area contributed by atoms with Crippen LogP contribution < -0.4 is 4.72 Å². The molecule has 30 heavy (non-hydrogen) atoms. The third-order valence-electron chi connectivity index (χ3n) is 5.33. The maximum atomic E-state index is 12.5. The van der Waals surface area contributed by atoms with Gasteiger partial charge in [-0.15, -0.1) is 0 Å². The van der Waals surface area contributed by atoms with Crippen molar-refractivity contribution in [3.63, 3.8) is 0 Å². The summed E-state index contributed by atoms with van der Waals surface area (Å²) in [7, 11) is -3.71. The first kappa shape index (κ1) is 22.2. The Kier molecular flexibility index (Phi) is 6.19. The molecule has 2 fully saturated rings. The smallest absolute Gasteiger partial charge is 0.417 e. The van der Waals surface area contributed by atoms with Crippen LogP contribution in [0.5, 0.6) is 0 Å². The van der Waals surface area contributed by atoms with E-state index in [9.17, 15) is 22.8 Å². The molecule has 0 radical (unpaired) electrons. The van der Waals surface area contributed by atoms with Crippen molar-refractivity contribution < 1.29 is 27.5 Å². The largest absolute Gasteiger partial charge is 0.439 e. The molecule has 0 aliphatic carbocycles. The van der Waals surface area contributed by atoms with Crippen LogP contribution in [-0.2, 0) is 29.8 Å². The number of ether oxygens (including phenoxy) is 1. The summed E-state index contributed by atoms with van der Waals surface area (Å²) in [6.45, 7) is 6.49. The Bertz CT molecular complexity index is 920. The van der Waals surface area contributed by atoms with Gasteiger partial charge in [0.05, 0.1) is 10.9 Å². The Labute approximate surface area is 176 Å². The number of cyclic esters (lactones) is 1. The molecule has 0 spiro atoms. The van der Waals surface area contributed by atoms with E-state index in [-0.39, 0.29) is 42.3 Å². The van der Waals surface area contributed by atoms with Crippen LogP contribution in [0.15, 0.2) is 29.2 Å². The Morgan fingerprint density at radius 3 is 2.43 bits per heavy atom. The lowest BCUT2D eigenvalue weighted by molar-refractivity contribution is -0.131. The van der Waals surface area contributed by atoms with E-state index in [1.807, 2.05) is 20.8 Å². The topological polar surface area (TPSA) is 113 Å². The summed E-state index contributed by atoms with van der Waals surface area (Å²) in [6, 6.07) is 6.29. The molecule has 10 heteroatoms. The predicted octanol–water partition coefficient (Wildman–Crippen LogP) is 1.23. The number of sulfonamides is 1. The van der Waals surface area contributed by atoms with E-state index in [4.69, 9.17) is 4.74 Å². The summed E-state index contributed by atoms with van der Waals surface area (Å²) in [4.78, 5) is 38.6. The quantitative estimate of drug-likeness (QED) is 0.716. The molecule has 0 saturated carbocycles. The molecule has 1 aromatic carbocycles. The van der Waals surface area contributed by atoms with Gasteiger partial charge in [-0.1, -0.05) is 32.9 Å². The van der Waals surface area contributed by atoms with Crippen molar-refractivity contribution in [1.82, 2.24) is 14.5 Å². The number of rotatable bonds is 6. The van der Waals surface area contributed by atoms with Crippen molar-refractivity contribution in [2.45, 2.75) is 50.0 Å².